The van der Waals surface area contributed by atoms with Crippen molar-refractivity contribution in [1.82, 2.24) is 9.80 Å². The number of piperazine rings is 1. The third-order valence-corrected chi connectivity index (χ3v) is 3.99. The quantitative estimate of drug-likeness (QED) is 0.801. The molecule has 1 fully saturated rings. The van der Waals surface area contributed by atoms with Crippen LogP contribution >= 0.6 is 24.0 Å². The van der Waals surface area contributed by atoms with Crippen molar-refractivity contribution < 1.29 is 4.79 Å². The van der Waals surface area contributed by atoms with E-state index in [1.807, 2.05) is 11.0 Å². The molecule has 1 aromatic carbocycles. The maximum atomic E-state index is 11.7. The first kappa shape index (κ1) is 17.3. The maximum Gasteiger partial charge on any atom is 0.237 e. The molecule has 1 amide bonds. The molecule has 0 aromatic heterocycles. The van der Waals surface area contributed by atoms with E-state index in [2.05, 4.69) is 43.0 Å². The minimum Gasteiger partial charge on any atom is -0.339 e. The van der Waals surface area contributed by atoms with Gasteiger partial charge in [0.25, 0.3) is 0 Å². The van der Waals surface area contributed by atoms with Crippen molar-refractivity contribution in [3.8, 4) is 0 Å². The fraction of sp³-hybridized carbons (Fsp3) is 0.533. The van der Waals surface area contributed by atoms with Crippen LogP contribution in [0.15, 0.2) is 30.3 Å². The number of halogens is 2. The van der Waals surface area contributed by atoms with Crippen LogP contribution in [0.4, 0.5) is 0 Å². The normalized spacial score (nSPS) is 18.4. The van der Waals surface area contributed by atoms with E-state index < -0.39 is 0 Å². The van der Waals surface area contributed by atoms with Crippen molar-refractivity contribution in [1.29, 1.82) is 0 Å². The Hall–Kier alpha value is -0.770. The first-order valence-corrected chi connectivity index (χ1v) is 7.19. The molecule has 1 heterocycles. The van der Waals surface area contributed by atoms with Crippen LogP contribution in [-0.4, -0.2) is 46.8 Å². The maximum absolute atomic E-state index is 11.7. The largest absolute Gasteiger partial charge is 0.339 e. The van der Waals surface area contributed by atoms with Gasteiger partial charge in [-0.05, 0) is 19.4 Å². The Bertz CT molecular complexity index is 437. The highest BCUT2D eigenvalue weighted by Gasteiger charge is 2.34. The molecular formula is C15H22Cl2N2O. The standard InChI is InChI=1S/C15H21ClN2O.ClH/c1-15(2)12-17(14(19)10-16)8-9-18(15)11-13-6-4-3-5-7-13;/h3-7H,8-12H2,1-2H3;1H. The predicted octanol–water partition coefficient (Wildman–Crippen LogP) is 2.77. The molecule has 112 valence electrons. The van der Waals surface area contributed by atoms with Crippen molar-refractivity contribution in [3.05, 3.63) is 35.9 Å². The molecule has 1 saturated heterocycles. The van der Waals surface area contributed by atoms with Gasteiger partial charge in [0, 0.05) is 31.7 Å². The predicted molar refractivity (Wildman–Crippen MR) is 85.5 cm³/mol. The lowest BCUT2D eigenvalue weighted by Gasteiger charge is -2.47. The van der Waals surface area contributed by atoms with E-state index in [4.69, 9.17) is 11.6 Å². The minimum atomic E-state index is -0.0180. The lowest BCUT2D eigenvalue weighted by Crippen LogP contribution is -2.60. The van der Waals surface area contributed by atoms with Crippen LogP contribution in [-0.2, 0) is 11.3 Å². The van der Waals surface area contributed by atoms with Crippen LogP contribution < -0.4 is 0 Å². The van der Waals surface area contributed by atoms with Crippen LogP contribution in [0.5, 0.6) is 0 Å². The number of benzene rings is 1. The lowest BCUT2D eigenvalue weighted by atomic mass is 9.97. The molecule has 0 atom stereocenters. The Morgan fingerprint density at radius 1 is 1.25 bits per heavy atom. The highest BCUT2D eigenvalue weighted by Crippen LogP contribution is 2.23. The van der Waals surface area contributed by atoms with Crippen LogP contribution in [0.3, 0.4) is 0 Å². The third kappa shape index (κ3) is 4.11. The van der Waals surface area contributed by atoms with E-state index in [-0.39, 0.29) is 29.7 Å². The summed E-state index contributed by atoms with van der Waals surface area (Å²) >= 11 is 5.64. The molecule has 3 nitrogen and oxygen atoms in total. The second-order valence-corrected chi connectivity index (χ2v) is 5.94. The Morgan fingerprint density at radius 2 is 1.90 bits per heavy atom. The van der Waals surface area contributed by atoms with Gasteiger partial charge in [-0.1, -0.05) is 30.3 Å². The van der Waals surface area contributed by atoms with Crippen molar-refractivity contribution >= 4 is 29.9 Å². The number of carbonyl (C=O) groups is 1. The van der Waals surface area contributed by atoms with E-state index in [0.29, 0.717) is 0 Å². The van der Waals surface area contributed by atoms with Crippen LogP contribution in [0, 0.1) is 0 Å². The van der Waals surface area contributed by atoms with E-state index in [0.717, 1.165) is 26.2 Å². The monoisotopic (exact) mass is 316 g/mol. The average molecular weight is 317 g/mol. The number of alkyl halides is 1. The number of hydrogen-bond acceptors (Lipinski definition) is 2. The van der Waals surface area contributed by atoms with Crippen LogP contribution in [0.25, 0.3) is 0 Å². The van der Waals surface area contributed by atoms with Crippen LogP contribution in [0.2, 0.25) is 0 Å². The molecule has 0 bridgehead atoms. The molecule has 0 saturated carbocycles. The van der Waals surface area contributed by atoms with Gasteiger partial charge in [-0.15, -0.1) is 24.0 Å². The van der Waals surface area contributed by atoms with E-state index in [9.17, 15) is 4.79 Å². The second-order valence-electron chi connectivity index (χ2n) is 5.67. The zero-order chi connectivity index (χ0) is 13.9. The molecule has 0 N–H and O–H groups in total. The summed E-state index contributed by atoms with van der Waals surface area (Å²) in [7, 11) is 0. The average Bonchev–Trinajstić information content (AvgIpc) is 2.41. The first-order chi connectivity index (χ1) is 9.03. The molecule has 0 spiro atoms. The van der Waals surface area contributed by atoms with Crippen molar-refractivity contribution in [3.63, 3.8) is 0 Å². The van der Waals surface area contributed by atoms with Gasteiger partial charge in [-0.2, -0.15) is 0 Å². The summed E-state index contributed by atoms with van der Waals surface area (Å²) in [6.45, 7) is 7.70. The van der Waals surface area contributed by atoms with Gasteiger partial charge in [-0.25, -0.2) is 0 Å². The van der Waals surface area contributed by atoms with Gasteiger partial charge in [0.05, 0.1) is 0 Å². The van der Waals surface area contributed by atoms with Crippen molar-refractivity contribution in [2.24, 2.45) is 0 Å². The molecule has 2 rings (SSSR count). The molecule has 1 aliphatic heterocycles. The highest BCUT2D eigenvalue weighted by molar-refractivity contribution is 6.27. The number of hydrogen-bond donors (Lipinski definition) is 0. The van der Waals surface area contributed by atoms with Gasteiger partial charge in [0.15, 0.2) is 0 Å². The Morgan fingerprint density at radius 3 is 2.45 bits per heavy atom. The Kier molecular flexibility index (Phi) is 6.31. The summed E-state index contributed by atoms with van der Waals surface area (Å²) in [5.41, 5.74) is 1.29. The third-order valence-electron chi connectivity index (χ3n) is 3.76. The Balaban J connectivity index is 0.00000200. The highest BCUT2D eigenvalue weighted by atomic mass is 35.5. The summed E-state index contributed by atoms with van der Waals surface area (Å²) in [5.74, 6) is 0.114. The molecule has 0 unspecified atom stereocenters. The summed E-state index contributed by atoms with van der Waals surface area (Å²) in [6.07, 6.45) is 0. The number of amides is 1. The molecule has 1 aliphatic rings. The summed E-state index contributed by atoms with van der Waals surface area (Å²) in [4.78, 5) is 16.0. The lowest BCUT2D eigenvalue weighted by molar-refractivity contribution is -0.133. The van der Waals surface area contributed by atoms with Gasteiger partial charge in [-0.3, -0.25) is 9.69 Å². The second kappa shape index (κ2) is 7.30. The summed E-state index contributed by atoms with van der Waals surface area (Å²) in [5, 5.41) is 0. The molecule has 0 aliphatic carbocycles. The van der Waals surface area contributed by atoms with Crippen molar-refractivity contribution in [2.75, 3.05) is 25.5 Å². The molecular weight excluding hydrogens is 295 g/mol. The fourth-order valence-corrected chi connectivity index (χ4v) is 2.75. The molecule has 0 radical (unpaired) electrons. The van der Waals surface area contributed by atoms with E-state index >= 15 is 0 Å². The van der Waals surface area contributed by atoms with E-state index in [1.165, 1.54) is 5.56 Å². The van der Waals surface area contributed by atoms with E-state index in [1.54, 1.807) is 0 Å². The SMILES string of the molecule is CC1(C)CN(C(=O)CCl)CCN1Cc1ccccc1.Cl. The van der Waals surface area contributed by atoms with Gasteiger partial charge in [0.2, 0.25) is 5.91 Å². The van der Waals surface area contributed by atoms with Gasteiger partial charge < -0.3 is 4.90 Å². The smallest absolute Gasteiger partial charge is 0.237 e. The Labute approximate surface area is 132 Å². The number of rotatable bonds is 3. The molecule has 5 heteroatoms. The summed E-state index contributed by atoms with van der Waals surface area (Å²) in [6, 6.07) is 10.5. The topological polar surface area (TPSA) is 23.6 Å². The van der Waals surface area contributed by atoms with Gasteiger partial charge >= 0.3 is 0 Å². The molecule has 1 aromatic rings. The molecule has 20 heavy (non-hydrogen) atoms. The zero-order valence-electron chi connectivity index (χ0n) is 12.0. The number of carbonyl (C=O) groups excluding carboxylic acids is 1. The van der Waals surface area contributed by atoms with Crippen LogP contribution in [0.1, 0.15) is 19.4 Å². The number of nitrogens with zero attached hydrogens (tertiary/aromatic N) is 2. The first-order valence-electron chi connectivity index (χ1n) is 6.65. The van der Waals surface area contributed by atoms with Gasteiger partial charge in [0.1, 0.15) is 5.88 Å². The zero-order valence-corrected chi connectivity index (χ0v) is 13.6. The summed E-state index contributed by atoms with van der Waals surface area (Å²) < 4.78 is 0. The fourth-order valence-electron chi connectivity index (χ4n) is 2.58. The van der Waals surface area contributed by atoms with Crippen molar-refractivity contribution in [2.45, 2.75) is 25.9 Å². The minimum absolute atomic E-state index is 0.